The molecule has 0 spiro atoms. The summed E-state index contributed by atoms with van der Waals surface area (Å²) in [5.74, 6) is 0.0527. The summed E-state index contributed by atoms with van der Waals surface area (Å²) in [6, 6.07) is 0. The third-order valence-corrected chi connectivity index (χ3v) is 2.49. The first-order valence-corrected chi connectivity index (χ1v) is 5.59. The molecule has 0 saturated carbocycles. The number of ether oxygens (including phenoxy) is 1. The third-order valence-electron chi connectivity index (χ3n) is 1.53. The molecule has 0 unspecified atom stereocenters. The van der Waals surface area contributed by atoms with E-state index in [1.54, 1.807) is 6.92 Å². The van der Waals surface area contributed by atoms with E-state index in [1.807, 2.05) is 4.98 Å². The molecule has 7 nitrogen and oxygen atoms in total. The Labute approximate surface area is 94.6 Å². The molecule has 1 aromatic rings. The number of H-pyrrole nitrogens is 2. The Morgan fingerprint density at radius 3 is 2.88 bits per heavy atom. The summed E-state index contributed by atoms with van der Waals surface area (Å²) >= 11 is 1.08. The number of nitrogens with one attached hydrogen (secondary N) is 2. The molecule has 88 valence electrons. The quantitative estimate of drug-likeness (QED) is 0.535. The Morgan fingerprint density at radius 1 is 1.50 bits per heavy atom. The van der Waals surface area contributed by atoms with Crippen LogP contribution in [0.1, 0.15) is 13.3 Å². The van der Waals surface area contributed by atoms with Crippen LogP contribution in [0, 0.1) is 0 Å². The second-order valence-electron chi connectivity index (χ2n) is 2.72. The van der Waals surface area contributed by atoms with Gasteiger partial charge in [-0.05, 0) is 6.92 Å². The van der Waals surface area contributed by atoms with E-state index in [4.69, 9.17) is 4.74 Å². The fourth-order valence-corrected chi connectivity index (χ4v) is 1.65. The number of rotatable bonds is 5. The van der Waals surface area contributed by atoms with Crippen LogP contribution in [0.15, 0.2) is 14.6 Å². The van der Waals surface area contributed by atoms with Crippen molar-refractivity contribution in [2.24, 2.45) is 0 Å². The number of hydrogen-bond donors (Lipinski definition) is 2. The highest BCUT2D eigenvalue weighted by Gasteiger charge is 2.06. The maximum absolute atomic E-state index is 11.2. The maximum Gasteiger partial charge on any atom is 0.342 e. The summed E-state index contributed by atoms with van der Waals surface area (Å²) in [6.07, 6.45) is 0.193. The molecule has 0 saturated heterocycles. The average Bonchev–Trinajstić information content (AvgIpc) is 2.22. The zero-order valence-electron chi connectivity index (χ0n) is 8.61. The van der Waals surface area contributed by atoms with Gasteiger partial charge in [0.1, 0.15) is 0 Å². The van der Waals surface area contributed by atoms with Gasteiger partial charge in [-0.1, -0.05) is 11.8 Å². The van der Waals surface area contributed by atoms with Gasteiger partial charge < -0.3 is 4.74 Å². The first kappa shape index (κ1) is 12.5. The average molecular weight is 245 g/mol. The molecule has 0 aliphatic carbocycles. The normalized spacial score (nSPS) is 10.1. The lowest BCUT2D eigenvalue weighted by atomic mass is 10.5. The van der Waals surface area contributed by atoms with E-state index in [1.165, 1.54) is 0 Å². The summed E-state index contributed by atoms with van der Waals surface area (Å²) in [6.45, 7) is 2.06. The Bertz CT molecular complexity index is 467. The lowest BCUT2D eigenvalue weighted by Crippen LogP contribution is -2.25. The second kappa shape index (κ2) is 6.11. The summed E-state index contributed by atoms with van der Waals surface area (Å²) in [5, 5.41) is 5.78. The fourth-order valence-electron chi connectivity index (χ4n) is 0.899. The van der Waals surface area contributed by atoms with Crippen LogP contribution >= 0.6 is 11.8 Å². The summed E-state index contributed by atoms with van der Waals surface area (Å²) in [5.41, 5.74) is -1.21. The van der Waals surface area contributed by atoms with Crippen molar-refractivity contribution in [2.45, 2.75) is 18.4 Å². The van der Waals surface area contributed by atoms with Crippen molar-refractivity contribution < 1.29 is 9.53 Å². The van der Waals surface area contributed by atoms with E-state index < -0.39 is 11.2 Å². The summed E-state index contributed by atoms with van der Waals surface area (Å²) < 4.78 is 4.71. The molecule has 0 radical (unpaired) electrons. The van der Waals surface area contributed by atoms with Crippen LogP contribution in [0.5, 0.6) is 0 Å². The second-order valence-corrected chi connectivity index (χ2v) is 3.80. The molecule has 1 rings (SSSR count). The summed E-state index contributed by atoms with van der Waals surface area (Å²) in [4.78, 5) is 34.8. The van der Waals surface area contributed by atoms with Crippen LogP contribution < -0.4 is 11.2 Å². The molecule has 0 aliphatic rings. The highest BCUT2D eigenvalue weighted by molar-refractivity contribution is 7.99. The molecule has 0 aliphatic heterocycles. The van der Waals surface area contributed by atoms with E-state index in [-0.39, 0.29) is 17.4 Å². The van der Waals surface area contributed by atoms with E-state index in [9.17, 15) is 14.4 Å². The number of carbonyl (C=O) groups is 1. The highest BCUT2D eigenvalue weighted by Crippen LogP contribution is 2.09. The minimum Gasteiger partial charge on any atom is -0.466 e. The van der Waals surface area contributed by atoms with E-state index in [2.05, 4.69) is 10.2 Å². The minimum atomic E-state index is -0.653. The van der Waals surface area contributed by atoms with Gasteiger partial charge in [0.05, 0.1) is 13.0 Å². The van der Waals surface area contributed by atoms with Gasteiger partial charge in [0.2, 0.25) is 0 Å². The maximum atomic E-state index is 11.2. The molecule has 0 aromatic carbocycles. The Balaban J connectivity index is 2.46. The van der Waals surface area contributed by atoms with Gasteiger partial charge in [-0.3, -0.25) is 14.6 Å². The van der Waals surface area contributed by atoms with Crippen molar-refractivity contribution in [1.82, 2.24) is 15.2 Å². The molecule has 16 heavy (non-hydrogen) atoms. The number of aromatic amines is 2. The first-order chi connectivity index (χ1) is 7.63. The molecule has 1 heterocycles. The molecular formula is C8H11N3O4S. The zero-order chi connectivity index (χ0) is 12.0. The predicted molar refractivity (Wildman–Crippen MR) is 57.5 cm³/mol. The van der Waals surface area contributed by atoms with Crippen molar-refractivity contribution in [3.63, 3.8) is 0 Å². The largest absolute Gasteiger partial charge is 0.466 e. The monoisotopic (exact) mass is 245 g/mol. The molecule has 2 N–H and O–H groups in total. The number of esters is 1. The topological polar surface area (TPSA) is 105 Å². The van der Waals surface area contributed by atoms with Gasteiger partial charge in [0.25, 0.3) is 5.56 Å². The molecule has 0 bridgehead atoms. The first-order valence-electron chi connectivity index (χ1n) is 4.61. The Kier molecular flexibility index (Phi) is 4.77. The number of aromatic nitrogens is 3. The lowest BCUT2D eigenvalue weighted by Gasteiger charge is -2.00. The molecule has 0 fully saturated rings. The SMILES string of the molecule is CCOC(=O)CCSc1n[nH]c(=O)[nH]c1=O. The van der Waals surface area contributed by atoms with Gasteiger partial charge in [-0.2, -0.15) is 5.10 Å². The van der Waals surface area contributed by atoms with Gasteiger partial charge in [-0.15, -0.1) is 0 Å². The Hall–Kier alpha value is -1.57. The molecular weight excluding hydrogens is 234 g/mol. The molecule has 0 amide bonds. The fraction of sp³-hybridized carbons (Fsp3) is 0.500. The van der Waals surface area contributed by atoms with Crippen molar-refractivity contribution in [3.05, 3.63) is 20.8 Å². The Morgan fingerprint density at radius 2 is 2.25 bits per heavy atom. The minimum absolute atomic E-state index is 0.129. The van der Waals surface area contributed by atoms with Crippen molar-refractivity contribution >= 4 is 17.7 Å². The molecule has 1 aromatic heterocycles. The van der Waals surface area contributed by atoms with Crippen LogP contribution in [-0.2, 0) is 9.53 Å². The lowest BCUT2D eigenvalue weighted by molar-refractivity contribution is -0.142. The van der Waals surface area contributed by atoms with Gasteiger partial charge in [0.15, 0.2) is 5.03 Å². The molecule has 0 atom stereocenters. The van der Waals surface area contributed by atoms with Crippen LogP contribution in [0.4, 0.5) is 0 Å². The molecule has 8 heteroatoms. The van der Waals surface area contributed by atoms with Gasteiger partial charge in [0, 0.05) is 5.75 Å². The van der Waals surface area contributed by atoms with Gasteiger partial charge >= 0.3 is 11.7 Å². The van der Waals surface area contributed by atoms with Crippen molar-refractivity contribution in [3.8, 4) is 0 Å². The van der Waals surface area contributed by atoms with Crippen LogP contribution in [-0.4, -0.2) is 33.5 Å². The standard InChI is InChI=1S/C8H11N3O4S/c1-2-15-5(12)3-4-16-7-6(13)9-8(14)11-10-7/h2-4H2,1H3,(H2,9,11,13,14). The van der Waals surface area contributed by atoms with E-state index in [0.717, 1.165) is 11.8 Å². The highest BCUT2D eigenvalue weighted by atomic mass is 32.2. The third kappa shape index (κ3) is 3.89. The van der Waals surface area contributed by atoms with E-state index in [0.29, 0.717) is 12.4 Å². The van der Waals surface area contributed by atoms with Crippen molar-refractivity contribution in [2.75, 3.05) is 12.4 Å². The van der Waals surface area contributed by atoms with Crippen molar-refractivity contribution in [1.29, 1.82) is 0 Å². The number of carbonyl (C=O) groups excluding carboxylic acids is 1. The number of hydrogen-bond acceptors (Lipinski definition) is 6. The smallest absolute Gasteiger partial charge is 0.342 e. The summed E-state index contributed by atoms with van der Waals surface area (Å²) in [7, 11) is 0. The predicted octanol–water partition coefficient (Wildman–Crippen LogP) is -0.497. The number of thioether (sulfide) groups is 1. The van der Waals surface area contributed by atoms with Crippen LogP contribution in [0.3, 0.4) is 0 Å². The number of nitrogens with zero attached hydrogens (tertiary/aromatic N) is 1. The van der Waals surface area contributed by atoms with Crippen LogP contribution in [0.2, 0.25) is 0 Å². The van der Waals surface area contributed by atoms with E-state index >= 15 is 0 Å². The van der Waals surface area contributed by atoms with Crippen LogP contribution in [0.25, 0.3) is 0 Å². The zero-order valence-corrected chi connectivity index (χ0v) is 9.43. The van der Waals surface area contributed by atoms with Gasteiger partial charge in [-0.25, -0.2) is 9.89 Å².